The largest absolute Gasteiger partial charge is 0.494 e. The normalized spacial score (nSPS) is 11.3. The molecule has 192 valence electrons. The molecule has 1 aromatic carbocycles. The highest BCUT2D eigenvalue weighted by Gasteiger charge is 2.32. The van der Waals surface area contributed by atoms with Crippen LogP contribution in [0.3, 0.4) is 0 Å². The molecular weight excluding hydrogens is 486 g/mol. The van der Waals surface area contributed by atoms with Gasteiger partial charge in [0.1, 0.15) is 30.3 Å². The Morgan fingerprint density at radius 3 is 2.49 bits per heavy atom. The molecule has 0 amide bonds. The minimum Gasteiger partial charge on any atom is -0.494 e. The van der Waals surface area contributed by atoms with Crippen LogP contribution >= 0.6 is 0 Å². The minimum absolute atomic E-state index is 0.140. The Bertz CT molecular complexity index is 1410. The van der Waals surface area contributed by atoms with Gasteiger partial charge in [-0.05, 0) is 12.1 Å². The zero-order valence-electron chi connectivity index (χ0n) is 20.2. The van der Waals surface area contributed by atoms with E-state index in [4.69, 9.17) is 9.84 Å². The van der Waals surface area contributed by atoms with Crippen molar-refractivity contribution < 1.29 is 23.4 Å². The molecule has 11 nitrogen and oxygen atoms in total. The van der Waals surface area contributed by atoms with Gasteiger partial charge in [0, 0.05) is 25.7 Å². The van der Waals surface area contributed by atoms with Crippen LogP contribution in [0.25, 0.3) is 11.4 Å². The summed E-state index contributed by atoms with van der Waals surface area (Å²) in [5, 5.41) is 19.3. The number of alkyl halides is 2. The molecular formula is C24H24F2N8O3. The van der Waals surface area contributed by atoms with Crippen LogP contribution in [0.4, 0.5) is 31.8 Å². The van der Waals surface area contributed by atoms with E-state index in [2.05, 4.69) is 35.7 Å². The van der Waals surface area contributed by atoms with Gasteiger partial charge >= 0.3 is 5.92 Å². The van der Waals surface area contributed by atoms with Crippen LogP contribution in [0.2, 0.25) is 0 Å². The molecule has 0 aliphatic carbocycles. The summed E-state index contributed by atoms with van der Waals surface area (Å²) in [6.45, 7) is 0.366. The van der Waals surface area contributed by atoms with Crippen LogP contribution in [-0.4, -0.2) is 54.3 Å². The molecule has 13 heteroatoms. The second-order valence-corrected chi connectivity index (χ2v) is 7.92. The molecule has 0 atom stereocenters. The Labute approximate surface area is 210 Å². The number of para-hydroxylation sites is 1. The van der Waals surface area contributed by atoms with Gasteiger partial charge in [-0.25, -0.2) is 19.9 Å². The summed E-state index contributed by atoms with van der Waals surface area (Å²) in [5.74, 6) is -2.26. The van der Waals surface area contributed by atoms with Crippen molar-refractivity contribution in [2.75, 3.05) is 24.4 Å². The molecule has 0 aliphatic rings. The van der Waals surface area contributed by atoms with Gasteiger partial charge in [-0.3, -0.25) is 9.48 Å². The first-order valence-corrected chi connectivity index (χ1v) is 11.2. The van der Waals surface area contributed by atoms with Gasteiger partial charge in [-0.2, -0.15) is 13.9 Å². The third-order valence-electron chi connectivity index (χ3n) is 5.34. The molecule has 0 fully saturated rings. The minimum atomic E-state index is -3.50. The number of Topliss-reactive ketones (excluding diaryl/α,β-unsaturated/α-hetero) is 1. The smallest absolute Gasteiger partial charge is 0.313 e. The maximum Gasteiger partial charge on any atom is 0.313 e. The van der Waals surface area contributed by atoms with Crippen molar-refractivity contribution in [2.24, 2.45) is 7.05 Å². The van der Waals surface area contributed by atoms with Gasteiger partial charge in [-0.15, -0.1) is 0 Å². The van der Waals surface area contributed by atoms with Gasteiger partial charge in [0.25, 0.3) is 0 Å². The topological polar surface area (TPSA) is 140 Å². The number of benzene rings is 1. The second-order valence-electron chi connectivity index (χ2n) is 7.92. The fourth-order valence-corrected chi connectivity index (χ4v) is 3.47. The summed E-state index contributed by atoms with van der Waals surface area (Å²) in [6.07, 6.45) is 5.22. The number of carbonyl (C=O) groups excluding carboxylic acids is 1. The van der Waals surface area contributed by atoms with E-state index in [-0.39, 0.29) is 23.8 Å². The highest BCUT2D eigenvalue weighted by atomic mass is 19.3. The molecule has 3 heterocycles. The fourth-order valence-electron chi connectivity index (χ4n) is 3.47. The summed E-state index contributed by atoms with van der Waals surface area (Å²) in [4.78, 5) is 28.8. The molecule has 3 aromatic heterocycles. The molecule has 37 heavy (non-hydrogen) atoms. The van der Waals surface area contributed by atoms with Crippen molar-refractivity contribution in [2.45, 2.75) is 19.3 Å². The molecule has 0 bridgehead atoms. The van der Waals surface area contributed by atoms with Crippen LogP contribution in [0.1, 0.15) is 29.4 Å². The second kappa shape index (κ2) is 10.6. The summed E-state index contributed by atoms with van der Waals surface area (Å²) in [5.41, 5.74) is 1.34. The van der Waals surface area contributed by atoms with Crippen LogP contribution in [0.5, 0.6) is 5.75 Å². The van der Waals surface area contributed by atoms with Crippen LogP contribution in [-0.2, 0) is 13.0 Å². The number of nitrogens with zero attached hydrogens (tertiary/aromatic N) is 6. The van der Waals surface area contributed by atoms with Gasteiger partial charge < -0.3 is 20.5 Å². The lowest BCUT2D eigenvalue weighted by atomic mass is 10.1. The zero-order valence-corrected chi connectivity index (χ0v) is 20.2. The number of hydrogen-bond acceptors (Lipinski definition) is 10. The number of aromatic nitrogens is 6. The van der Waals surface area contributed by atoms with Crippen molar-refractivity contribution in [3.63, 3.8) is 0 Å². The Hall–Kier alpha value is -4.52. The Kier molecular flexibility index (Phi) is 7.34. The van der Waals surface area contributed by atoms with Crippen molar-refractivity contribution in [3.8, 4) is 17.1 Å². The summed E-state index contributed by atoms with van der Waals surface area (Å²) in [7, 11) is 3.28. The van der Waals surface area contributed by atoms with Gasteiger partial charge in [0.2, 0.25) is 0 Å². The van der Waals surface area contributed by atoms with Crippen LogP contribution in [0, 0.1) is 0 Å². The van der Waals surface area contributed by atoms with E-state index in [0.717, 1.165) is 12.4 Å². The van der Waals surface area contributed by atoms with Gasteiger partial charge in [-0.1, -0.05) is 13.0 Å². The lowest BCUT2D eigenvalue weighted by Crippen LogP contribution is -2.20. The highest BCUT2D eigenvalue weighted by molar-refractivity contribution is 6.02. The summed E-state index contributed by atoms with van der Waals surface area (Å²) < 4.78 is 34.4. The van der Waals surface area contributed by atoms with E-state index in [1.54, 1.807) is 43.2 Å². The first-order chi connectivity index (χ1) is 17.7. The number of halogens is 2. The summed E-state index contributed by atoms with van der Waals surface area (Å²) >= 11 is 0. The van der Waals surface area contributed by atoms with Crippen molar-refractivity contribution in [3.05, 3.63) is 60.4 Å². The maximum absolute atomic E-state index is 13.6. The van der Waals surface area contributed by atoms with Crippen molar-refractivity contribution in [1.82, 2.24) is 29.7 Å². The van der Waals surface area contributed by atoms with Crippen LogP contribution < -0.4 is 15.4 Å². The molecule has 0 spiro atoms. The number of pyridine rings is 1. The Balaban J connectivity index is 1.68. The van der Waals surface area contributed by atoms with E-state index < -0.39 is 18.2 Å². The number of rotatable bonds is 10. The highest BCUT2D eigenvalue weighted by Crippen LogP contribution is 2.37. The van der Waals surface area contributed by atoms with E-state index in [1.165, 1.54) is 13.3 Å². The van der Waals surface area contributed by atoms with Crippen molar-refractivity contribution >= 4 is 28.8 Å². The lowest BCUT2D eigenvalue weighted by Gasteiger charge is -2.17. The number of ketones is 1. The molecule has 0 unspecified atom stereocenters. The van der Waals surface area contributed by atoms with E-state index in [0.29, 0.717) is 34.1 Å². The molecule has 0 saturated heterocycles. The monoisotopic (exact) mass is 510 g/mol. The molecule has 4 rings (SSSR count). The van der Waals surface area contributed by atoms with E-state index in [9.17, 15) is 13.6 Å². The van der Waals surface area contributed by atoms with Crippen LogP contribution in [0.15, 0.2) is 49.2 Å². The molecule has 4 aromatic rings. The van der Waals surface area contributed by atoms with E-state index >= 15 is 0 Å². The lowest BCUT2D eigenvalue weighted by molar-refractivity contribution is -0.0595. The number of carbonyl (C=O) groups is 1. The number of methoxy groups -OCH3 is 1. The molecule has 0 radical (unpaired) electrons. The maximum atomic E-state index is 13.6. The average Bonchev–Trinajstić information content (AvgIpc) is 3.34. The number of aliphatic hydroxyl groups is 1. The van der Waals surface area contributed by atoms with Gasteiger partial charge in [0.05, 0.1) is 42.0 Å². The third-order valence-corrected chi connectivity index (χ3v) is 5.34. The third kappa shape index (κ3) is 5.51. The quantitative estimate of drug-likeness (QED) is 0.270. The van der Waals surface area contributed by atoms with Crippen molar-refractivity contribution in [1.29, 1.82) is 0 Å². The molecule has 0 saturated carbocycles. The molecule has 3 N–H and O–H groups in total. The Morgan fingerprint density at radius 2 is 1.86 bits per heavy atom. The first kappa shape index (κ1) is 25.6. The molecule has 0 aliphatic heterocycles. The SMILES string of the molecule is CCC(=O)c1cnc(Nc2cnc(C(F)(F)CO)cn2)cc1Nc1cccc(-c2ncn(C)n2)c1OC. The number of aliphatic hydroxyl groups excluding tert-OH is 1. The zero-order chi connectivity index (χ0) is 26.6. The predicted molar refractivity (Wildman–Crippen MR) is 131 cm³/mol. The number of nitrogens with one attached hydrogen (secondary N) is 2. The van der Waals surface area contributed by atoms with E-state index in [1.807, 2.05) is 6.07 Å². The Morgan fingerprint density at radius 1 is 1.08 bits per heavy atom. The van der Waals surface area contributed by atoms with Gasteiger partial charge in [0.15, 0.2) is 17.4 Å². The first-order valence-electron chi connectivity index (χ1n) is 11.2. The number of hydrogen-bond donors (Lipinski definition) is 3. The number of ether oxygens (including phenoxy) is 1. The standard InChI is InChI=1S/C24H24F2N8O3/c1-4-18(36)15-9-28-20(32-21-11-27-19(10-29-21)24(25,26)12-35)8-17(15)31-16-7-5-6-14(22(16)37-3)23-30-13-34(2)33-23/h5-11,13,35H,4,12H2,1-3H3,(H2,28,29,31,32). The fraction of sp³-hybridized carbons (Fsp3) is 0.250. The predicted octanol–water partition coefficient (Wildman–Crippen LogP) is 3.84. The number of anilines is 4. The summed E-state index contributed by atoms with van der Waals surface area (Å²) in [6, 6.07) is 6.99. The number of aryl methyl sites for hydroxylation is 1. The average molecular weight is 511 g/mol.